The van der Waals surface area contributed by atoms with Gasteiger partial charge in [0.2, 0.25) is 0 Å². The second-order valence-electron chi connectivity index (χ2n) is 4.23. The van der Waals surface area contributed by atoms with E-state index in [1.54, 1.807) is 0 Å². The van der Waals surface area contributed by atoms with Gasteiger partial charge in [0.1, 0.15) is 0 Å². The lowest BCUT2D eigenvalue weighted by Gasteiger charge is -2.39. The monoisotopic (exact) mass is 139 g/mol. The fraction of sp³-hybridized carbons (Fsp3) is 1.00. The van der Waals surface area contributed by atoms with Crippen LogP contribution in [0.5, 0.6) is 0 Å². The molecule has 0 saturated heterocycles. The molecule has 2 fully saturated rings. The number of rotatable bonds is 1. The van der Waals surface area contributed by atoms with Gasteiger partial charge in [-0.05, 0) is 49.5 Å². The van der Waals surface area contributed by atoms with Crippen LogP contribution in [0.1, 0.15) is 26.2 Å². The first-order valence-electron chi connectivity index (χ1n) is 4.51. The maximum atomic E-state index is 5.64. The summed E-state index contributed by atoms with van der Waals surface area (Å²) in [5, 5.41) is 0. The average Bonchev–Trinajstić information content (AvgIpc) is 2.15. The average molecular weight is 139 g/mol. The molecule has 0 radical (unpaired) electrons. The topological polar surface area (TPSA) is 26.0 Å². The lowest BCUT2D eigenvalue weighted by atomic mass is 9.67. The number of hydrogen-bond acceptors (Lipinski definition) is 1. The van der Waals surface area contributed by atoms with Crippen LogP contribution in [0, 0.1) is 23.7 Å². The molecule has 0 aromatic rings. The van der Waals surface area contributed by atoms with Crippen LogP contribution in [0.15, 0.2) is 0 Å². The van der Waals surface area contributed by atoms with E-state index in [2.05, 4.69) is 6.92 Å². The molecule has 2 rings (SSSR count). The Balaban J connectivity index is 1.93. The molecule has 0 aliphatic heterocycles. The van der Waals surface area contributed by atoms with Gasteiger partial charge in [0.25, 0.3) is 0 Å². The Morgan fingerprint density at radius 2 is 2.10 bits per heavy atom. The van der Waals surface area contributed by atoms with Crippen molar-refractivity contribution >= 4 is 0 Å². The van der Waals surface area contributed by atoms with E-state index in [-0.39, 0.29) is 0 Å². The van der Waals surface area contributed by atoms with E-state index in [1.807, 2.05) is 0 Å². The van der Waals surface area contributed by atoms with Crippen molar-refractivity contribution in [2.45, 2.75) is 26.2 Å². The Labute approximate surface area is 63.0 Å². The molecular weight excluding hydrogens is 122 g/mol. The number of fused-ring (bicyclic) bond motifs is 1. The molecule has 2 aliphatic rings. The first kappa shape index (κ1) is 6.66. The standard InChI is InChI=1S/C9H17N/c1-6-2-7-4-8(5-10)9(7)3-6/h6-9H,2-5,10H2,1H3/t6-,7?,8?,9?/m0/s1. The van der Waals surface area contributed by atoms with Crippen LogP contribution in [-0.4, -0.2) is 6.54 Å². The van der Waals surface area contributed by atoms with Crippen LogP contribution in [0.2, 0.25) is 0 Å². The summed E-state index contributed by atoms with van der Waals surface area (Å²) < 4.78 is 0. The second-order valence-corrected chi connectivity index (χ2v) is 4.23. The molecule has 3 unspecified atom stereocenters. The highest BCUT2D eigenvalue weighted by molar-refractivity contribution is 4.95. The van der Waals surface area contributed by atoms with Crippen molar-refractivity contribution in [3.8, 4) is 0 Å². The van der Waals surface area contributed by atoms with Crippen molar-refractivity contribution < 1.29 is 0 Å². The van der Waals surface area contributed by atoms with Crippen LogP contribution in [0.25, 0.3) is 0 Å². The van der Waals surface area contributed by atoms with Gasteiger partial charge in [-0.1, -0.05) is 6.92 Å². The third-order valence-corrected chi connectivity index (χ3v) is 3.50. The van der Waals surface area contributed by atoms with E-state index in [9.17, 15) is 0 Å². The lowest BCUT2D eigenvalue weighted by Crippen LogP contribution is -2.37. The minimum atomic E-state index is 0.898. The lowest BCUT2D eigenvalue weighted by molar-refractivity contribution is 0.111. The van der Waals surface area contributed by atoms with Crippen LogP contribution in [0.3, 0.4) is 0 Å². The third kappa shape index (κ3) is 0.800. The van der Waals surface area contributed by atoms with Crippen molar-refractivity contribution in [1.82, 2.24) is 0 Å². The predicted molar refractivity (Wildman–Crippen MR) is 42.5 cm³/mol. The van der Waals surface area contributed by atoms with E-state index < -0.39 is 0 Å². The molecule has 10 heavy (non-hydrogen) atoms. The SMILES string of the molecule is C[C@H]1CC2CC(CN)C2C1. The van der Waals surface area contributed by atoms with Crippen molar-refractivity contribution in [1.29, 1.82) is 0 Å². The molecule has 0 heterocycles. The van der Waals surface area contributed by atoms with Crippen molar-refractivity contribution in [3.05, 3.63) is 0 Å². The maximum absolute atomic E-state index is 5.64. The van der Waals surface area contributed by atoms with Crippen LogP contribution in [0.4, 0.5) is 0 Å². The largest absolute Gasteiger partial charge is 0.330 e. The minimum absolute atomic E-state index is 0.898. The molecular formula is C9H17N. The summed E-state index contributed by atoms with van der Waals surface area (Å²) in [6.07, 6.45) is 4.39. The van der Waals surface area contributed by atoms with E-state index in [4.69, 9.17) is 5.73 Å². The van der Waals surface area contributed by atoms with Gasteiger partial charge in [0, 0.05) is 0 Å². The van der Waals surface area contributed by atoms with Gasteiger partial charge in [-0.3, -0.25) is 0 Å². The van der Waals surface area contributed by atoms with E-state index in [1.165, 1.54) is 19.3 Å². The van der Waals surface area contributed by atoms with E-state index >= 15 is 0 Å². The minimum Gasteiger partial charge on any atom is -0.330 e. The summed E-state index contributed by atoms with van der Waals surface area (Å²) in [5.74, 6) is 3.99. The van der Waals surface area contributed by atoms with Gasteiger partial charge in [0.15, 0.2) is 0 Å². The summed E-state index contributed by atoms with van der Waals surface area (Å²) in [7, 11) is 0. The Hall–Kier alpha value is -0.0400. The maximum Gasteiger partial charge on any atom is -0.00460 e. The highest BCUT2D eigenvalue weighted by Gasteiger charge is 2.45. The predicted octanol–water partition coefficient (Wildman–Crippen LogP) is 1.63. The molecule has 58 valence electrons. The normalized spacial score (nSPS) is 52.2. The van der Waals surface area contributed by atoms with Gasteiger partial charge in [-0.2, -0.15) is 0 Å². The highest BCUT2D eigenvalue weighted by atomic mass is 14.6. The zero-order chi connectivity index (χ0) is 7.14. The second kappa shape index (κ2) is 2.23. The molecule has 0 spiro atoms. The van der Waals surface area contributed by atoms with Gasteiger partial charge >= 0.3 is 0 Å². The van der Waals surface area contributed by atoms with Crippen molar-refractivity contribution in [2.24, 2.45) is 29.4 Å². The summed E-state index contributed by atoms with van der Waals surface area (Å²) in [4.78, 5) is 0. The Kier molecular flexibility index (Phi) is 1.48. The first-order valence-corrected chi connectivity index (χ1v) is 4.51. The van der Waals surface area contributed by atoms with Crippen LogP contribution in [-0.2, 0) is 0 Å². The molecule has 2 saturated carbocycles. The van der Waals surface area contributed by atoms with Gasteiger partial charge in [-0.15, -0.1) is 0 Å². The molecule has 0 aromatic carbocycles. The van der Waals surface area contributed by atoms with Gasteiger partial charge in [-0.25, -0.2) is 0 Å². The zero-order valence-electron chi connectivity index (χ0n) is 6.72. The highest BCUT2D eigenvalue weighted by Crippen LogP contribution is 2.52. The number of nitrogens with two attached hydrogens (primary N) is 1. The van der Waals surface area contributed by atoms with Gasteiger partial charge in [0.05, 0.1) is 0 Å². The molecule has 2 N–H and O–H groups in total. The molecule has 1 nitrogen and oxygen atoms in total. The Morgan fingerprint density at radius 1 is 1.30 bits per heavy atom. The van der Waals surface area contributed by atoms with E-state index in [0.29, 0.717) is 0 Å². The van der Waals surface area contributed by atoms with Crippen molar-refractivity contribution in [2.75, 3.05) is 6.54 Å². The smallest absolute Gasteiger partial charge is 0.00460 e. The Morgan fingerprint density at radius 3 is 2.70 bits per heavy atom. The van der Waals surface area contributed by atoms with E-state index in [0.717, 1.165) is 30.2 Å². The summed E-state index contributed by atoms with van der Waals surface area (Å²) >= 11 is 0. The molecule has 1 heteroatoms. The Bertz CT molecular complexity index is 129. The summed E-state index contributed by atoms with van der Waals surface area (Å²) in [5.41, 5.74) is 5.64. The molecule has 0 aromatic heterocycles. The quantitative estimate of drug-likeness (QED) is 0.587. The van der Waals surface area contributed by atoms with Crippen LogP contribution >= 0.6 is 0 Å². The molecule has 4 atom stereocenters. The van der Waals surface area contributed by atoms with Crippen molar-refractivity contribution in [3.63, 3.8) is 0 Å². The fourth-order valence-corrected chi connectivity index (χ4v) is 2.93. The van der Waals surface area contributed by atoms with Crippen LogP contribution < -0.4 is 5.73 Å². The molecule has 0 amide bonds. The third-order valence-electron chi connectivity index (χ3n) is 3.50. The number of hydrogen-bond donors (Lipinski definition) is 1. The summed E-state index contributed by atoms with van der Waals surface area (Å²) in [6, 6.07) is 0. The zero-order valence-corrected chi connectivity index (χ0v) is 6.72. The molecule has 0 bridgehead atoms. The fourth-order valence-electron chi connectivity index (χ4n) is 2.93. The van der Waals surface area contributed by atoms with Gasteiger partial charge < -0.3 is 5.73 Å². The molecule has 2 aliphatic carbocycles. The summed E-state index contributed by atoms with van der Waals surface area (Å²) in [6.45, 7) is 3.32. The first-order chi connectivity index (χ1) is 4.81.